The van der Waals surface area contributed by atoms with Gasteiger partial charge in [0.15, 0.2) is 10.6 Å². The molecule has 3 aromatic rings. The van der Waals surface area contributed by atoms with Crippen molar-refractivity contribution in [2.45, 2.75) is 18.1 Å². The number of aromatic amines is 1. The van der Waals surface area contributed by atoms with Crippen molar-refractivity contribution in [2.75, 3.05) is 0 Å². The van der Waals surface area contributed by atoms with E-state index in [1.165, 1.54) is 18.6 Å². The van der Waals surface area contributed by atoms with Crippen LogP contribution in [0.2, 0.25) is 0 Å². The summed E-state index contributed by atoms with van der Waals surface area (Å²) in [6.07, 6.45) is 4.43. The average Bonchev–Trinajstić information content (AvgIpc) is 2.58. The lowest BCUT2D eigenvalue weighted by Crippen LogP contribution is -2.43. The number of benzene rings is 1. The Bertz CT molecular complexity index is 1050. The molecule has 24 heavy (non-hydrogen) atoms. The monoisotopic (exact) mass is 344 g/mol. The van der Waals surface area contributed by atoms with E-state index in [0.717, 1.165) is 0 Å². The number of primary sulfonamides is 1. The van der Waals surface area contributed by atoms with Crippen molar-refractivity contribution in [1.29, 1.82) is 0 Å². The second-order valence-corrected chi connectivity index (χ2v) is 7.16. The second-order valence-electron chi connectivity index (χ2n) is 5.38. The van der Waals surface area contributed by atoms with E-state index < -0.39 is 14.8 Å². The Morgan fingerprint density at radius 2 is 1.75 bits per heavy atom. The molecule has 0 aliphatic carbocycles. The first-order valence-electron chi connectivity index (χ1n) is 7.32. The maximum atomic E-state index is 12.6. The van der Waals surface area contributed by atoms with Crippen LogP contribution in [0.25, 0.3) is 10.8 Å². The molecule has 3 rings (SSSR count). The van der Waals surface area contributed by atoms with Gasteiger partial charge in [0.25, 0.3) is 5.56 Å². The van der Waals surface area contributed by atoms with Gasteiger partial charge in [-0.25, -0.2) is 23.5 Å². The SMILES string of the molecule is CCC(c1ncccn1)(c1c[nH]c(=O)c2ccccc12)S(N)(=O)=O. The molecule has 2 heterocycles. The van der Waals surface area contributed by atoms with Crippen LogP contribution in [-0.4, -0.2) is 23.4 Å². The molecule has 8 heteroatoms. The van der Waals surface area contributed by atoms with Crippen molar-refractivity contribution in [3.63, 3.8) is 0 Å². The van der Waals surface area contributed by atoms with E-state index in [9.17, 15) is 13.2 Å². The van der Waals surface area contributed by atoms with Crippen LogP contribution in [0, 0.1) is 0 Å². The molecule has 2 aromatic heterocycles. The zero-order chi connectivity index (χ0) is 17.4. The maximum absolute atomic E-state index is 12.6. The van der Waals surface area contributed by atoms with Crippen LogP contribution < -0.4 is 10.7 Å². The second kappa shape index (κ2) is 5.81. The summed E-state index contributed by atoms with van der Waals surface area (Å²) >= 11 is 0. The Labute approximate surface area is 138 Å². The summed E-state index contributed by atoms with van der Waals surface area (Å²) in [6.45, 7) is 1.70. The number of nitrogens with zero attached hydrogens (tertiary/aromatic N) is 2. The Morgan fingerprint density at radius 3 is 2.33 bits per heavy atom. The van der Waals surface area contributed by atoms with Gasteiger partial charge >= 0.3 is 0 Å². The van der Waals surface area contributed by atoms with Crippen molar-refractivity contribution in [1.82, 2.24) is 15.0 Å². The number of sulfonamides is 1. The number of hydrogen-bond donors (Lipinski definition) is 2. The fraction of sp³-hybridized carbons (Fsp3) is 0.188. The van der Waals surface area contributed by atoms with Crippen molar-refractivity contribution in [3.8, 4) is 0 Å². The van der Waals surface area contributed by atoms with Crippen LogP contribution in [0.1, 0.15) is 24.7 Å². The van der Waals surface area contributed by atoms with E-state index in [4.69, 9.17) is 5.14 Å². The third-order valence-electron chi connectivity index (χ3n) is 4.16. The van der Waals surface area contributed by atoms with Crippen molar-refractivity contribution < 1.29 is 8.42 Å². The van der Waals surface area contributed by atoms with E-state index >= 15 is 0 Å². The minimum Gasteiger partial charge on any atom is -0.328 e. The van der Waals surface area contributed by atoms with Crippen LogP contribution in [0.5, 0.6) is 0 Å². The Kier molecular flexibility index (Phi) is 3.94. The third kappa shape index (κ3) is 2.31. The average molecular weight is 344 g/mol. The number of nitrogens with two attached hydrogens (primary N) is 1. The zero-order valence-electron chi connectivity index (χ0n) is 12.9. The molecule has 0 saturated heterocycles. The molecule has 0 aliphatic heterocycles. The van der Waals surface area contributed by atoms with Gasteiger partial charge in [0.05, 0.1) is 0 Å². The molecule has 0 radical (unpaired) electrons. The molecule has 0 aliphatic rings. The van der Waals surface area contributed by atoms with E-state index in [1.807, 2.05) is 0 Å². The number of hydrogen-bond acceptors (Lipinski definition) is 5. The van der Waals surface area contributed by atoms with Gasteiger partial charge in [-0.15, -0.1) is 0 Å². The number of pyridine rings is 1. The predicted molar refractivity (Wildman–Crippen MR) is 90.8 cm³/mol. The van der Waals surface area contributed by atoms with Gasteiger partial charge in [0.1, 0.15) is 0 Å². The zero-order valence-corrected chi connectivity index (χ0v) is 13.7. The van der Waals surface area contributed by atoms with E-state index in [1.54, 1.807) is 37.3 Å². The summed E-state index contributed by atoms with van der Waals surface area (Å²) in [5.74, 6) is 0.0761. The molecule has 1 aromatic carbocycles. The Morgan fingerprint density at radius 1 is 1.12 bits per heavy atom. The number of nitrogens with one attached hydrogen (secondary N) is 1. The topological polar surface area (TPSA) is 119 Å². The van der Waals surface area contributed by atoms with Crippen LogP contribution in [0.4, 0.5) is 0 Å². The highest BCUT2D eigenvalue weighted by atomic mass is 32.2. The molecule has 0 saturated carbocycles. The molecule has 7 nitrogen and oxygen atoms in total. The number of aromatic nitrogens is 3. The first-order valence-corrected chi connectivity index (χ1v) is 8.87. The van der Waals surface area contributed by atoms with Crippen molar-refractivity contribution in [3.05, 3.63) is 70.7 Å². The van der Waals surface area contributed by atoms with E-state index in [-0.39, 0.29) is 17.8 Å². The minimum atomic E-state index is -4.13. The molecule has 0 bridgehead atoms. The summed E-state index contributed by atoms with van der Waals surface area (Å²) in [7, 11) is -4.13. The smallest absolute Gasteiger partial charge is 0.255 e. The Hall–Kier alpha value is -2.58. The number of fused-ring (bicyclic) bond motifs is 1. The van der Waals surface area contributed by atoms with Crippen LogP contribution in [-0.2, 0) is 14.8 Å². The van der Waals surface area contributed by atoms with Gasteiger partial charge in [-0.1, -0.05) is 25.1 Å². The molecular weight excluding hydrogens is 328 g/mol. The molecule has 0 spiro atoms. The lowest BCUT2D eigenvalue weighted by atomic mass is 9.91. The van der Waals surface area contributed by atoms with Crippen molar-refractivity contribution >= 4 is 20.8 Å². The summed E-state index contributed by atoms with van der Waals surface area (Å²) in [5.41, 5.74) is 0.0525. The normalized spacial score (nSPS) is 14.4. The minimum absolute atomic E-state index is 0.0761. The standard InChI is InChI=1S/C16H16N4O3S/c1-2-16(24(17,22)23,15-18-8-5-9-19-15)13-10-20-14(21)12-7-4-3-6-11(12)13/h3-10H,2H2,1H3,(H,20,21)(H2,17,22,23). The molecule has 3 N–H and O–H groups in total. The molecule has 0 amide bonds. The molecule has 0 fully saturated rings. The quantitative estimate of drug-likeness (QED) is 0.738. The highest BCUT2D eigenvalue weighted by Crippen LogP contribution is 2.39. The number of rotatable bonds is 4. The fourth-order valence-electron chi connectivity index (χ4n) is 3.00. The predicted octanol–water partition coefficient (Wildman–Crippen LogP) is 1.26. The van der Waals surface area contributed by atoms with Crippen LogP contribution >= 0.6 is 0 Å². The summed E-state index contributed by atoms with van der Waals surface area (Å²) in [6, 6.07) is 8.37. The molecule has 1 atom stereocenters. The fourth-order valence-corrected chi connectivity index (χ4v) is 4.24. The van der Waals surface area contributed by atoms with Gasteiger partial charge in [-0.3, -0.25) is 4.79 Å². The first-order chi connectivity index (χ1) is 11.4. The highest BCUT2D eigenvalue weighted by molar-refractivity contribution is 7.90. The number of H-pyrrole nitrogens is 1. The van der Waals surface area contributed by atoms with Gasteiger partial charge in [0.2, 0.25) is 10.0 Å². The van der Waals surface area contributed by atoms with E-state index in [2.05, 4.69) is 15.0 Å². The summed E-state index contributed by atoms with van der Waals surface area (Å²) in [5, 5.41) is 6.50. The van der Waals surface area contributed by atoms with Gasteiger partial charge in [-0.05, 0) is 23.9 Å². The van der Waals surface area contributed by atoms with Crippen LogP contribution in [0.15, 0.2) is 53.7 Å². The largest absolute Gasteiger partial charge is 0.328 e. The molecule has 1 unspecified atom stereocenters. The van der Waals surface area contributed by atoms with Gasteiger partial charge < -0.3 is 4.98 Å². The van der Waals surface area contributed by atoms with Crippen molar-refractivity contribution in [2.24, 2.45) is 5.14 Å². The van der Waals surface area contributed by atoms with E-state index in [0.29, 0.717) is 16.3 Å². The summed E-state index contributed by atoms with van der Waals surface area (Å²) in [4.78, 5) is 22.9. The Balaban J connectivity index is 2.50. The third-order valence-corrected chi connectivity index (χ3v) is 5.82. The molecule has 124 valence electrons. The lowest BCUT2D eigenvalue weighted by molar-refractivity contribution is 0.534. The molecular formula is C16H16N4O3S. The van der Waals surface area contributed by atoms with Gasteiger partial charge in [0, 0.05) is 29.5 Å². The van der Waals surface area contributed by atoms with Crippen LogP contribution in [0.3, 0.4) is 0 Å². The summed E-state index contributed by atoms with van der Waals surface area (Å²) < 4.78 is 23.6. The van der Waals surface area contributed by atoms with Gasteiger partial charge in [-0.2, -0.15) is 0 Å². The first kappa shape index (κ1) is 16.3. The maximum Gasteiger partial charge on any atom is 0.255 e. The lowest BCUT2D eigenvalue weighted by Gasteiger charge is -2.30. The highest BCUT2D eigenvalue weighted by Gasteiger charge is 2.47.